The second-order valence-corrected chi connectivity index (χ2v) is 0.495. The lowest BCUT2D eigenvalue weighted by Gasteiger charge is -1.94. The molecule has 0 unspecified atom stereocenters. The highest BCUT2D eigenvalue weighted by Gasteiger charge is 2.20. The molecule has 0 amide bonds. The molecule has 0 saturated heterocycles. The van der Waals surface area contributed by atoms with E-state index in [1.165, 1.54) is 0 Å². The van der Waals surface area contributed by atoms with Crippen molar-refractivity contribution in [2.45, 2.75) is 0 Å². The molecule has 6 heteroatoms. The first-order valence-electron chi connectivity index (χ1n) is 0.873. The van der Waals surface area contributed by atoms with Crippen LogP contribution in [0.2, 0.25) is 0 Å². The van der Waals surface area contributed by atoms with Crippen molar-refractivity contribution in [3.8, 4) is 0 Å². The predicted molar refractivity (Wildman–Crippen MR) is 21.2 cm³/mol. The minimum atomic E-state index is -6.00. The lowest BCUT2D eigenvalue weighted by Crippen LogP contribution is -2.02. The zero-order valence-electron chi connectivity index (χ0n) is 3.09. The largest absolute Gasteiger partial charge is 1.00 e. The van der Waals surface area contributed by atoms with Gasteiger partial charge in [-0.15, -0.1) is 0 Å². The molecule has 0 atom stereocenters. The Kier molecular flexibility index (Phi) is 3.97. The Bertz CT molecular complexity index is 27.2. The third kappa shape index (κ3) is 472. The van der Waals surface area contributed by atoms with Crippen molar-refractivity contribution >= 4 is 24.6 Å². The highest BCUT2D eigenvalue weighted by atomic mass is 27.0. The maximum atomic E-state index is 9.75. The Balaban J connectivity index is -0.0000000800. The van der Waals surface area contributed by atoms with Gasteiger partial charge < -0.3 is 17.3 Å². The van der Waals surface area contributed by atoms with Crippen molar-refractivity contribution in [2.24, 2.45) is 0 Å². The van der Waals surface area contributed by atoms with Crippen LogP contribution in [0.4, 0.5) is 17.3 Å². The number of halogens is 4. The fraction of sp³-hybridized carbons (Fsp3) is 0. The molecule has 0 aromatic rings. The Hall–Kier alpha value is 0.317. The van der Waals surface area contributed by atoms with Crippen LogP contribution in [-0.2, 0) is 0 Å². The van der Waals surface area contributed by atoms with E-state index < -0.39 is 7.25 Å². The summed E-state index contributed by atoms with van der Waals surface area (Å²) in [6.07, 6.45) is 0. The van der Waals surface area contributed by atoms with Crippen LogP contribution in [0.25, 0.3) is 0 Å². The average Bonchev–Trinajstić information content (AvgIpc) is 0.722. The van der Waals surface area contributed by atoms with E-state index in [0.717, 1.165) is 0 Å². The molecule has 0 aliphatic rings. The quantitative estimate of drug-likeness (QED) is 0.315. The first-order valence-corrected chi connectivity index (χ1v) is 0.873. The first-order chi connectivity index (χ1) is 2.00. The molecule has 0 nitrogen and oxygen atoms in total. The van der Waals surface area contributed by atoms with Crippen molar-refractivity contribution in [3.05, 3.63) is 0 Å². The molecule has 38 valence electrons. The van der Waals surface area contributed by atoms with Crippen LogP contribution >= 0.6 is 0 Å². The normalized spacial score (nSPS) is 10.0. The molecular weight excluding hydrogens is 114 g/mol. The molecule has 0 aromatic heterocycles. The van der Waals surface area contributed by atoms with Crippen LogP contribution < -0.4 is 0 Å². The summed E-state index contributed by atoms with van der Waals surface area (Å²) < 4.78 is 39.0. The average molecular weight is 118 g/mol. The summed E-state index contributed by atoms with van der Waals surface area (Å²) in [7, 11) is -6.00. The van der Waals surface area contributed by atoms with Crippen LogP contribution in [-0.4, -0.2) is 24.6 Å². The van der Waals surface area contributed by atoms with Crippen LogP contribution in [0.5, 0.6) is 0 Å². The van der Waals surface area contributed by atoms with Crippen LogP contribution in [0.3, 0.4) is 0 Å². The van der Waals surface area contributed by atoms with Gasteiger partial charge in [-0.2, -0.15) is 0 Å². The SMILES string of the molecule is F[B-](F)(F)F.[AlH3].[H+]. The lowest BCUT2D eigenvalue weighted by atomic mass is 10.3. The summed E-state index contributed by atoms with van der Waals surface area (Å²) in [5, 5.41) is 0. The third-order valence-corrected chi connectivity index (χ3v) is 0. The van der Waals surface area contributed by atoms with Crippen molar-refractivity contribution in [2.75, 3.05) is 0 Å². The van der Waals surface area contributed by atoms with Gasteiger partial charge in [-0.3, -0.25) is 0 Å². The summed E-state index contributed by atoms with van der Waals surface area (Å²) in [6.45, 7) is 0. The molecule has 0 fully saturated rings. The zero-order valence-corrected chi connectivity index (χ0v) is 2.09. The predicted octanol–water partition coefficient (Wildman–Crippen LogP) is 0.229. The van der Waals surface area contributed by atoms with Crippen molar-refractivity contribution in [1.29, 1.82) is 0 Å². The Morgan fingerprint density at radius 1 is 1.00 bits per heavy atom. The van der Waals surface area contributed by atoms with E-state index in [0.29, 0.717) is 0 Å². The lowest BCUT2D eigenvalue weighted by molar-refractivity contribution is 0.368. The minimum Gasteiger partial charge on any atom is -0.418 e. The number of hydrogen-bond acceptors (Lipinski definition) is 0. The fourth-order valence-electron chi connectivity index (χ4n) is 0. The van der Waals surface area contributed by atoms with E-state index in [9.17, 15) is 17.3 Å². The van der Waals surface area contributed by atoms with Crippen molar-refractivity contribution in [3.63, 3.8) is 0 Å². The molecule has 0 aromatic carbocycles. The fourth-order valence-corrected chi connectivity index (χ4v) is 0. The first kappa shape index (κ1) is 9.58. The highest BCUT2D eigenvalue weighted by molar-refractivity contribution is 6.50. The molecule has 0 heterocycles. The highest BCUT2D eigenvalue weighted by Crippen LogP contribution is 2.06. The smallest absolute Gasteiger partial charge is 0.418 e. The van der Waals surface area contributed by atoms with Crippen LogP contribution in [0, 0.1) is 0 Å². The molecule has 0 rings (SSSR count). The standard InChI is InChI=1S/Al.BF4.3H/c;2-1(3,4)5;;;/q;-1;;;/p+1. The Morgan fingerprint density at radius 3 is 1.00 bits per heavy atom. The molecule has 0 spiro atoms. The van der Waals surface area contributed by atoms with E-state index in [2.05, 4.69) is 0 Å². The van der Waals surface area contributed by atoms with Crippen molar-refractivity contribution < 1.29 is 18.7 Å². The van der Waals surface area contributed by atoms with E-state index >= 15 is 0 Å². The maximum Gasteiger partial charge on any atom is 1.00 e. The minimum absolute atomic E-state index is 0. The second kappa shape index (κ2) is 2.48. The van der Waals surface area contributed by atoms with Crippen molar-refractivity contribution in [1.82, 2.24) is 0 Å². The summed E-state index contributed by atoms with van der Waals surface area (Å²) in [5.74, 6) is 0. The van der Waals surface area contributed by atoms with Gasteiger partial charge in [0, 0.05) is 0 Å². The van der Waals surface area contributed by atoms with E-state index in [-0.39, 0.29) is 18.8 Å². The maximum absolute atomic E-state index is 9.75. The Morgan fingerprint density at radius 2 is 1.00 bits per heavy atom. The van der Waals surface area contributed by atoms with Gasteiger partial charge in [-0.1, -0.05) is 0 Å². The summed E-state index contributed by atoms with van der Waals surface area (Å²) in [6, 6.07) is 0. The zero-order chi connectivity index (χ0) is 4.50. The van der Waals surface area contributed by atoms with Gasteiger partial charge in [-0.25, -0.2) is 0 Å². The van der Waals surface area contributed by atoms with Gasteiger partial charge in [0.05, 0.1) is 0 Å². The molecule has 0 bridgehead atoms. The second-order valence-electron chi connectivity index (χ2n) is 0.495. The summed E-state index contributed by atoms with van der Waals surface area (Å²) in [5.41, 5.74) is 0. The molecular formula is H4AlBF4. The molecule has 0 N–H and O–H groups in total. The summed E-state index contributed by atoms with van der Waals surface area (Å²) >= 11 is 0. The van der Waals surface area contributed by atoms with E-state index in [1.807, 2.05) is 0 Å². The summed E-state index contributed by atoms with van der Waals surface area (Å²) in [4.78, 5) is 0. The van der Waals surface area contributed by atoms with Gasteiger partial charge in [-0.05, 0) is 0 Å². The molecule has 6 heavy (non-hydrogen) atoms. The van der Waals surface area contributed by atoms with E-state index in [1.54, 1.807) is 0 Å². The van der Waals surface area contributed by atoms with Crippen LogP contribution in [0.15, 0.2) is 0 Å². The van der Waals surface area contributed by atoms with Crippen LogP contribution in [0.1, 0.15) is 1.43 Å². The van der Waals surface area contributed by atoms with E-state index in [4.69, 9.17) is 0 Å². The number of rotatable bonds is 0. The molecule has 0 saturated carbocycles. The van der Waals surface area contributed by atoms with Gasteiger partial charge in [0.25, 0.3) is 0 Å². The molecule has 0 radical (unpaired) electrons. The number of hydrogen-bond donors (Lipinski definition) is 0. The van der Waals surface area contributed by atoms with Gasteiger partial charge >= 0.3 is 8.68 Å². The molecule has 0 aliphatic carbocycles. The van der Waals surface area contributed by atoms with Gasteiger partial charge in [0.2, 0.25) is 0 Å². The van der Waals surface area contributed by atoms with Gasteiger partial charge in [0.15, 0.2) is 17.4 Å². The monoisotopic (exact) mass is 118 g/mol. The topological polar surface area (TPSA) is 0 Å². The molecule has 0 aliphatic heterocycles. The third-order valence-electron chi connectivity index (χ3n) is 0. The Labute approximate surface area is 44.2 Å². The van der Waals surface area contributed by atoms with Gasteiger partial charge in [0.1, 0.15) is 0 Å².